The minimum atomic E-state index is -3.42. The van der Waals surface area contributed by atoms with Crippen LogP contribution in [0.25, 0.3) is 0 Å². The maximum absolute atomic E-state index is 12.8. The molecule has 0 radical (unpaired) electrons. The van der Waals surface area contributed by atoms with Gasteiger partial charge in [-0.05, 0) is 50.7 Å². The molecule has 29 heavy (non-hydrogen) atoms. The van der Waals surface area contributed by atoms with Gasteiger partial charge >= 0.3 is 6.03 Å². The standard InChI is InChI=1S/C21H31N3O4S/c1-22(2)21(25)24-16-8-9-17(24)15-19(14-16)28-18-10-12-23(13-11-18)29(26,27)20-6-4-3-5-7-20/h3-7,16-19H,8-15H2,1-2H3/t16-,17+,19?. The highest BCUT2D eigenvalue weighted by Gasteiger charge is 2.44. The molecule has 0 N–H and O–H groups in total. The molecule has 3 saturated heterocycles. The first-order valence-electron chi connectivity index (χ1n) is 10.6. The molecule has 160 valence electrons. The molecule has 3 atom stereocenters. The average molecular weight is 422 g/mol. The summed E-state index contributed by atoms with van der Waals surface area (Å²) in [7, 11) is 0.192. The van der Waals surface area contributed by atoms with E-state index >= 15 is 0 Å². The van der Waals surface area contributed by atoms with Gasteiger partial charge in [-0.25, -0.2) is 13.2 Å². The lowest BCUT2D eigenvalue weighted by molar-refractivity contribution is -0.0685. The molecule has 7 nitrogen and oxygen atoms in total. The first kappa shape index (κ1) is 20.6. The third-order valence-electron chi connectivity index (χ3n) is 6.46. The second-order valence-electron chi connectivity index (χ2n) is 8.62. The lowest BCUT2D eigenvalue weighted by Crippen LogP contribution is -2.52. The minimum absolute atomic E-state index is 0.0951. The molecule has 0 spiro atoms. The van der Waals surface area contributed by atoms with E-state index in [2.05, 4.69) is 4.90 Å². The summed E-state index contributed by atoms with van der Waals surface area (Å²) >= 11 is 0. The van der Waals surface area contributed by atoms with Gasteiger partial charge < -0.3 is 14.5 Å². The van der Waals surface area contributed by atoms with E-state index in [1.165, 1.54) is 0 Å². The maximum atomic E-state index is 12.8. The van der Waals surface area contributed by atoms with Gasteiger partial charge in [-0.3, -0.25) is 0 Å². The van der Waals surface area contributed by atoms with Crippen molar-refractivity contribution in [3.05, 3.63) is 30.3 Å². The summed E-state index contributed by atoms with van der Waals surface area (Å²) in [5, 5.41) is 0. The van der Waals surface area contributed by atoms with E-state index in [0.29, 0.717) is 18.0 Å². The minimum Gasteiger partial charge on any atom is -0.375 e. The Labute approximate surface area is 173 Å². The number of piperidine rings is 2. The van der Waals surface area contributed by atoms with Crippen molar-refractivity contribution in [3.8, 4) is 0 Å². The van der Waals surface area contributed by atoms with Crippen molar-refractivity contribution >= 4 is 16.1 Å². The molecule has 1 aromatic carbocycles. The lowest BCUT2D eigenvalue weighted by atomic mass is 9.99. The summed E-state index contributed by atoms with van der Waals surface area (Å²) in [5.41, 5.74) is 0. The summed E-state index contributed by atoms with van der Waals surface area (Å²) in [4.78, 5) is 16.5. The molecule has 0 saturated carbocycles. The van der Waals surface area contributed by atoms with Crippen LogP contribution < -0.4 is 0 Å². The van der Waals surface area contributed by atoms with Crippen LogP contribution in [0.4, 0.5) is 4.79 Å². The quantitative estimate of drug-likeness (QED) is 0.749. The van der Waals surface area contributed by atoms with Crippen molar-refractivity contribution in [2.75, 3.05) is 27.2 Å². The van der Waals surface area contributed by atoms with Gasteiger partial charge in [0.1, 0.15) is 0 Å². The Morgan fingerprint density at radius 3 is 2.10 bits per heavy atom. The molecule has 8 heteroatoms. The number of benzene rings is 1. The highest BCUT2D eigenvalue weighted by molar-refractivity contribution is 7.89. The Hall–Kier alpha value is -1.64. The highest BCUT2D eigenvalue weighted by Crippen LogP contribution is 2.38. The molecule has 1 unspecified atom stereocenters. The number of carbonyl (C=O) groups is 1. The Bertz CT molecular complexity index is 808. The van der Waals surface area contributed by atoms with Crippen molar-refractivity contribution in [1.82, 2.24) is 14.1 Å². The van der Waals surface area contributed by atoms with Gasteiger partial charge in [0.25, 0.3) is 0 Å². The van der Waals surface area contributed by atoms with E-state index in [-0.39, 0.29) is 30.3 Å². The molecule has 3 heterocycles. The second kappa shape index (κ2) is 8.24. The number of amides is 2. The Kier molecular flexibility index (Phi) is 5.86. The fourth-order valence-corrected chi connectivity index (χ4v) is 6.49. The SMILES string of the molecule is CN(C)C(=O)N1[C@@H]2CC[C@H]1CC(OC1CCN(S(=O)(=O)c3ccccc3)CC1)C2. The first-order chi connectivity index (χ1) is 13.9. The monoisotopic (exact) mass is 421 g/mol. The van der Waals surface area contributed by atoms with E-state index in [1.807, 2.05) is 20.2 Å². The molecule has 2 bridgehead atoms. The van der Waals surface area contributed by atoms with Crippen LogP contribution >= 0.6 is 0 Å². The summed E-state index contributed by atoms with van der Waals surface area (Å²) in [6.07, 6.45) is 5.59. The normalized spacial score (nSPS) is 28.5. The zero-order chi connectivity index (χ0) is 20.6. The van der Waals surface area contributed by atoms with Crippen LogP contribution in [0.1, 0.15) is 38.5 Å². The van der Waals surface area contributed by atoms with Crippen molar-refractivity contribution in [1.29, 1.82) is 0 Å². The number of nitrogens with zero attached hydrogens (tertiary/aromatic N) is 3. The largest absolute Gasteiger partial charge is 0.375 e. The van der Waals surface area contributed by atoms with E-state index in [0.717, 1.165) is 38.5 Å². The molecular weight excluding hydrogens is 390 g/mol. The highest BCUT2D eigenvalue weighted by atomic mass is 32.2. The zero-order valence-corrected chi connectivity index (χ0v) is 18.1. The van der Waals surface area contributed by atoms with Gasteiger partial charge in [-0.1, -0.05) is 18.2 Å². The van der Waals surface area contributed by atoms with Crippen molar-refractivity contribution in [2.24, 2.45) is 0 Å². The number of carbonyl (C=O) groups excluding carboxylic acids is 1. The van der Waals surface area contributed by atoms with Crippen LogP contribution in [-0.4, -0.2) is 80.0 Å². The third kappa shape index (κ3) is 4.15. The lowest BCUT2D eigenvalue weighted by Gasteiger charge is -2.41. The molecule has 3 fully saturated rings. The van der Waals surface area contributed by atoms with E-state index < -0.39 is 10.0 Å². The number of hydrogen-bond acceptors (Lipinski definition) is 4. The van der Waals surface area contributed by atoms with Crippen LogP contribution in [0.15, 0.2) is 35.2 Å². The first-order valence-corrected chi connectivity index (χ1v) is 12.0. The molecule has 3 aliphatic heterocycles. The number of rotatable bonds is 4. The predicted molar refractivity (Wildman–Crippen MR) is 110 cm³/mol. The van der Waals surface area contributed by atoms with Gasteiger partial charge in [0, 0.05) is 39.3 Å². The Morgan fingerprint density at radius 1 is 0.966 bits per heavy atom. The second-order valence-corrected chi connectivity index (χ2v) is 10.6. The fourth-order valence-electron chi connectivity index (χ4n) is 5.00. The summed E-state index contributed by atoms with van der Waals surface area (Å²) < 4.78 is 33.5. The number of ether oxygens (including phenoxy) is 1. The van der Waals surface area contributed by atoms with E-state index in [4.69, 9.17) is 4.74 Å². The molecular formula is C21H31N3O4S. The van der Waals surface area contributed by atoms with Crippen LogP contribution in [0.3, 0.4) is 0 Å². The van der Waals surface area contributed by atoms with Gasteiger partial charge in [-0.15, -0.1) is 0 Å². The van der Waals surface area contributed by atoms with Crippen LogP contribution in [0.2, 0.25) is 0 Å². The van der Waals surface area contributed by atoms with Crippen molar-refractivity contribution in [2.45, 2.75) is 67.7 Å². The van der Waals surface area contributed by atoms with E-state index in [9.17, 15) is 13.2 Å². The summed E-state index contributed by atoms with van der Waals surface area (Å²) in [6.45, 7) is 0.986. The Balaban J connectivity index is 1.31. The third-order valence-corrected chi connectivity index (χ3v) is 8.37. The molecule has 4 rings (SSSR count). The number of urea groups is 1. The number of hydrogen-bond donors (Lipinski definition) is 0. The molecule has 3 aliphatic rings. The van der Waals surface area contributed by atoms with Crippen LogP contribution in [0.5, 0.6) is 0 Å². The number of sulfonamides is 1. The summed E-state index contributed by atoms with van der Waals surface area (Å²) in [5.74, 6) is 0. The van der Waals surface area contributed by atoms with Gasteiger partial charge in [0.15, 0.2) is 0 Å². The zero-order valence-electron chi connectivity index (χ0n) is 17.2. The van der Waals surface area contributed by atoms with Gasteiger partial charge in [0.05, 0.1) is 17.1 Å². The van der Waals surface area contributed by atoms with Crippen molar-refractivity contribution < 1.29 is 17.9 Å². The van der Waals surface area contributed by atoms with Crippen molar-refractivity contribution in [3.63, 3.8) is 0 Å². The summed E-state index contributed by atoms with van der Waals surface area (Å²) in [6, 6.07) is 9.28. The van der Waals surface area contributed by atoms with Gasteiger partial charge in [0.2, 0.25) is 10.0 Å². The Morgan fingerprint density at radius 2 is 1.55 bits per heavy atom. The van der Waals surface area contributed by atoms with Crippen LogP contribution in [-0.2, 0) is 14.8 Å². The molecule has 0 aliphatic carbocycles. The predicted octanol–water partition coefficient (Wildman–Crippen LogP) is 2.53. The molecule has 2 amide bonds. The maximum Gasteiger partial charge on any atom is 0.319 e. The molecule has 1 aromatic rings. The van der Waals surface area contributed by atoms with Gasteiger partial charge in [-0.2, -0.15) is 4.31 Å². The topological polar surface area (TPSA) is 70.2 Å². The average Bonchev–Trinajstić information content (AvgIpc) is 2.98. The number of fused-ring (bicyclic) bond motifs is 2. The molecule has 0 aromatic heterocycles. The fraction of sp³-hybridized carbons (Fsp3) is 0.667. The van der Waals surface area contributed by atoms with Crippen LogP contribution in [0, 0.1) is 0 Å². The van der Waals surface area contributed by atoms with E-state index in [1.54, 1.807) is 33.5 Å². The smallest absolute Gasteiger partial charge is 0.319 e.